The molecule has 1 aliphatic heterocycles. The summed E-state index contributed by atoms with van der Waals surface area (Å²) < 4.78 is 24.9. The number of aliphatic carboxylic acids is 1. The van der Waals surface area contributed by atoms with Gasteiger partial charge in [0.25, 0.3) is 10.0 Å². The van der Waals surface area contributed by atoms with Crippen LogP contribution in [0, 0.1) is 6.92 Å². The van der Waals surface area contributed by atoms with Gasteiger partial charge in [0.2, 0.25) is 5.91 Å². The van der Waals surface area contributed by atoms with Crippen LogP contribution in [0.2, 0.25) is 10.0 Å². The van der Waals surface area contributed by atoms with Gasteiger partial charge >= 0.3 is 48.9 Å². The van der Waals surface area contributed by atoms with Crippen LogP contribution in [0.1, 0.15) is 32.6 Å². The van der Waals surface area contributed by atoms with Gasteiger partial charge in [0.15, 0.2) is 6.29 Å². The molecule has 0 fully saturated rings. The van der Waals surface area contributed by atoms with Gasteiger partial charge in [0.05, 0.1) is 42.0 Å². The molecule has 0 saturated heterocycles. The summed E-state index contributed by atoms with van der Waals surface area (Å²) in [4.78, 5) is 34.5. The van der Waals surface area contributed by atoms with E-state index in [0.717, 1.165) is 26.5 Å². The van der Waals surface area contributed by atoms with Crippen LogP contribution in [0.25, 0.3) is 0 Å². The number of carboxylic acids is 1. The molecule has 0 bridgehead atoms. The second-order valence-electron chi connectivity index (χ2n) is 10.0. The zero-order valence-electron chi connectivity index (χ0n) is 25.0. The molecule has 238 valence electrons. The maximum atomic E-state index is 12.1. The quantitative estimate of drug-likeness (QED) is 0.142. The molecular formula is C31H27BaCl2N6O6S+. The first-order valence-corrected chi connectivity index (χ1v) is 15.7. The van der Waals surface area contributed by atoms with Crippen molar-refractivity contribution < 1.29 is 27.9 Å². The number of carbonyl (C=O) groups excluding carboxylic acids is 3. The van der Waals surface area contributed by atoms with Gasteiger partial charge in [-0.15, -0.1) is 0 Å². The molecule has 1 amide bonds. The number of fused-ring (bicyclic) bond motifs is 1. The third-order valence-electron chi connectivity index (χ3n) is 6.59. The van der Waals surface area contributed by atoms with Crippen LogP contribution in [0.4, 0.5) is 11.4 Å². The van der Waals surface area contributed by atoms with E-state index in [1.165, 1.54) is 30.6 Å². The molecule has 16 heteroatoms. The minimum atomic E-state index is -3.70. The standard InChI is InChI=1S/C12H10ClN3O.C11H10N2O3S.C8H8ClNO2.Ba/c13-10-1-2-11-9(3-10)4-12(17)16(11)7-8-5-14-15-6-8;1-9-2-4-11(5-3-9)17(15,16)13-7-10(8-14)6-12-13;9-6-1-2-7(10)5(3-6)4-8(11)12;/h1-3,5-6H,4,7H2,(H,14,15);2-8H,1H3;1-3H,4,10H2,(H,11,12);/q;;;+2/p-1. The van der Waals surface area contributed by atoms with E-state index in [-0.39, 0.29) is 71.7 Å². The number of nitrogen functional groups attached to an aromatic ring is 1. The number of aldehydes is 1. The first kappa shape index (κ1) is 38.0. The number of carboxylic acid groups (broad SMARTS) is 1. The third-order valence-corrected chi connectivity index (χ3v) is 8.62. The average Bonchev–Trinajstić information content (AvgIpc) is 3.77. The Kier molecular flexibility index (Phi) is 13.9. The van der Waals surface area contributed by atoms with Crippen molar-refractivity contribution in [1.82, 2.24) is 19.4 Å². The molecule has 5 aromatic rings. The van der Waals surface area contributed by atoms with Crippen molar-refractivity contribution in [3.05, 3.63) is 123 Å². The zero-order chi connectivity index (χ0) is 33.4. The average molecular weight is 820 g/mol. The number of halogens is 2. The van der Waals surface area contributed by atoms with E-state index in [9.17, 15) is 27.9 Å². The van der Waals surface area contributed by atoms with Crippen LogP contribution >= 0.6 is 23.2 Å². The first-order chi connectivity index (χ1) is 21.9. The van der Waals surface area contributed by atoms with Crippen molar-refractivity contribution in [3.8, 4) is 0 Å². The number of H-pyrrole nitrogens is 1. The summed E-state index contributed by atoms with van der Waals surface area (Å²) in [6.07, 6.45) is 6.68. The van der Waals surface area contributed by atoms with Gasteiger partial charge in [0, 0.05) is 45.6 Å². The molecule has 0 atom stereocenters. The molecule has 3 heterocycles. The monoisotopic (exact) mass is 819 g/mol. The van der Waals surface area contributed by atoms with E-state index in [1.807, 2.05) is 19.1 Å². The Hall–Kier alpha value is -3.41. The number of nitrogens with zero attached hydrogens (tertiary/aromatic N) is 4. The Morgan fingerprint density at radius 1 is 1.06 bits per heavy atom. The molecule has 1 aliphatic rings. The van der Waals surface area contributed by atoms with Crippen LogP contribution in [0.5, 0.6) is 0 Å². The predicted octanol–water partition coefficient (Wildman–Crippen LogP) is 3.23. The van der Waals surface area contributed by atoms with Crippen molar-refractivity contribution in [1.29, 1.82) is 0 Å². The van der Waals surface area contributed by atoms with Crippen LogP contribution in [0.3, 0.4) is 0 Å². The van der Waals surface area contributed by atoms with Gasteiger partial charge in [-0.25, -0.2) is 0 Å². The normalized spacial score (nSPS) is 11.7. The summed E-state index contributed by atoms with van der Waals surface area (Å²) in [6, 6.07) is 16.7. The largest absolute Gasteiger partial charge is 2.00 e. The smallest absolute Gasteiger partial charge is 0.550 e. The fraction of sp³-hybridized carbons (Fsp3) is 0.129. The van der Waals surface area contributed by atoms with Crippen molar-refractivity contribution in [2.75, 3.05) is 10.6 Å². The zero-order valence-corrected chi connectivity index (χ0v) is 31.7. The van der Waals surface area contributed by atoms with Crippen molar-refractivity contribution in [2.24, 2.45) is 0 Å². The number of aromatic amines is 1. The minimum absolute atomic E-state index is 0. The number of hydrogen-bond acceptors (Lipinski definition) is 9. The molecule has 0 radical (unpaired) electrons. The number of nitrogens with one attached hydrogen (secondary N) is 1. The predicted molar refractivity (Wildman–Crippen MR) is 177 cm³/mol. The summed E-state index contributed by atoms with van der Waals surface area (Å²) in [5.41, 5.74) is 10.5. The first-order valence-electron chi connectivity index (χ1n) is 13.5. The topological polar surface area (TPSA) is 184 Å². The molecule has 47 heavy (non-hydrogen) atoms. The Morgan fingerprint density at radius 2 is 1.74 bits per heavy atom. The maximum absolute atomic E-state index is 12.1. The molecule has 12 nitrogen and oxygen atoms in total. The van der Waals surface area contributed by atoms with E-state index in [0.29, 0.717) is 40.5 Å². The number of nitrogens with two attached hydrogens (primary N) is 1. The SMILES string of the molecule is Cc1ccc(S(=O)(=O)n2cc(C=O)cn2)cc1.Nc1ccc(Cl)cc1CC(=O)[O-].O=C1Cc2cc(Cl)ccc2N1Cc1cn[nH]c1.[Ba+2]. The maximum Gasteiger partial charge on any atom is 2.00 e. The van der Waals surface area contributed by atoms with Crippen molar-refractivity contribution in [3.63, 3.8) is 0 Å². The summed E-state index contributed by atoms with van der Waals surface area (Å²) in [5.74, 6) is -1.06. The van der Waals surface area contributed by atoms with Crippen molar-refractivity contribution >= 4 is 112 Å². The number of benzene rings is 3. The van der Waals surface area contributed by atoms with Crippen LogP contribution in [-0.4, -0.2) is 94.8 Å². The second-order valence-corrected chi connectivity index (χ2v) is 12.7. The summed E-state index contributed by atoms with van der Waals surface area (Å²) in [5, 5.41) is 21.6. The summed E-state index contributed by atoms with van der Waals surface area (Å²) in [6.45, 7) is 2.42. The molecule has 0 saturated carbocycles. The number of aromatic nitrogens is 4. The van der Waals surface area contributed by atoms with Gasteiger partial charge < -0.3 is 20.5 Å². The molecule has 0 unspecified atom stereocenters. The van der Waals surface area contributed by atoms with Gasteiger partial charge in [-0.2, -0.15) is 22.7 Å². The molecule has 6 rings (SSSR count). The number of anilines is 2. The Bertz CT molecular complexity index is 1970. The van der Waals surface area contributed by atoms with E-state index in [4.69, 9.17) is 28.9 Å². The van der Waals surface area contributed by atoms with E-state index >= 15 is 0 Å². The minimum Gasteiger partial charge on any atom is -0.550 e. The molecular weight excluding hydrogens is 793 g/mol. The number of hydrogen-bond donors (Lipinski definition) is 2. The van der Waals surface area contributed by atoms with E-state index in [1.54, 1.807) is 47.6 Å². The van der Waals surface area contributed by atoms with Crippen molar-refractivity contribution in [2.45, 2.75) is 31.2 Å². The second kappa shape index (κ2) is 17.1. The van der Waals surface area contributed by atoms with Gasteiger partial charge in [-0.1, -0.05) is 40.9 Å². The van der Waals surface area contributed by atoms with Crippen LogP contribution in [0.15, 0.2) is 90.3 Å². The Labute approximate surface area is 321 Å². The fourth-order valence-electron chi connectivity index (χ4n) is 4.28. The Balaban J connectivity index is 0.000000193. The third kappa shape index (κ3) is 10.3. The van der Waals surface area contributed by atoms with E-state index < -0.39 is 16.0 Å². The number of rotatable bonds is 7. The van der Waals surface area contributed by atoms with Gasteiger partial charge in [-0.3, -0.25) is 14.7 Å². The molecule has 0 spiro atoms. The molecule has 3 N–H and O–H groups in total. The molecule has 2 aromatic heterocycles. The number of carbonyl (C=O) groups is 3. The molecule has 0 aliphatic carbocycles. The fourth-order valence-corrected chi connectivity index (χ4v) is 5.80. The summed E-state index contributed by atoms with van der Waals surface area (Å²) in [7, 11) is -3.70. The Morgan fingerprint density at radius 3 is 2.36 bits per heavy atom. The number of aryl methyl sites for hydroxylation is 1. The van der Waals surface area contributed by atoms with E-state index in [2.05, 4.69) is 15.3 Å². The van der Waals surface area contributed by atoms with Crippen LogP contribution < -0.4 is 15.7 Å². The number of amides is 1. The molecule has 3 aromatic carbocycles. The van der Waals surface area contributed by atoms with Gasteiger partial charge in [0.1, 0.15) is 0 Å². The van der Waals surface area contributed by atoms with Gasteiger partial charge in [-0.05, 0) is 66.6 Å². The summed E-state index contributed by atoms with van der Waals surface area (Å²) >= 11 is 11.5. The van der Waals surface area contributed by atoms with Crippen LogP contribution in [-0.2, 0) is 39.0 Å².